The number of aromatic nitrogens is 3. The molecule has 2 N–H and O–H groups in total. The molecule has 0 radical (unpaired) electrons. The van der Waals surface area contributed by atoms with Gasteiger partial charge in [0, 0.05) is 23.5 Å². The number of halogens is 2. The number of aromatic amines is 1. The molecule has 0 bridgehead atoms. The molecule has 0 saturated carbocycles. The second kappa shape index (κ2) is 7.10. The molecule has 7 nitrogen and oxygen atoms in total. The summed E-state index contributed by atoms with van der Waals surface area (Å²) >= 11 is 3.21. The van der Waals surface area contributed by atoms with Crippen molar-refractivity contribution in [1.29, 1.82) is 0 Å². The summed E-state index contributed by atoms with van der Waals surface area (Å²) in [6.45, 7) is 6.43. The molecule has 0 aliphatic carbocycles. The van der Waals surface area contributed by atoms with Gasteiger partial charge in [0.15, 0.2) is 0 Å². The van der Waals surface area contributed by atoms with Gasteiger partial charge in [-0.05, 0) is 36.0 Å². The first-order valence-electron chi connectivity index (χ1n) is 8.71. The average Bonchev–Trinajstić information content (AvgIpc) is 3.12. The summed E-state index contributed by atoms with van der Waals surface area (Å²) in [5.41, 5.74) is -0.678. The van der Waals surface area contributed by atoms with E-state index in [-0.39, 0.29) is 23.1 Å². The highest BCUT2D eigenvalue weighted by atomic mass is 79.9. The average molecular weight is 441 g/mol. The molecule has 2 heterocycles. The van der Waals surface area contributed by atoms with E-state index >= 15 is 0 Å². The van der Waals surface area contributed by atoms with Crippen molar-refractivity contribution in [3.8, 4) is 5.69 Å². The Labute approximate surface area is 164 Å². The molecule has 1 amide bonds. The Morgan fingerprint density at radius 3 is 2.74 bits per heavy atom. The van der Waals surface area contributed by atoms with Gasteiger partial charge < -0.3 is 10.0 Å². The summed E-state index contributed by atoms with van der Waals surface area (Å²) in [5.74, 6) is -0.165. The Bertz CT molecular complexity index is 918. The molecule has 1 aromatic heterocycles. The fraction of sp³-hybridized carbons (Fsp3) is 0.500. The third-order valence-corrected chi connectivity index (χ3v) is 5.49. The van der Waals surface area contributed by atoms with Crippen molar-refractivity contribution in [3.05, 3.63) is 44.8 Å². The molecule has 2 aromatic rings. The SMILES string of the molecule is CC(C)(C)C1[C@H](Cc2n[nH]c(=O)n2-c2ccc(Br)cc2F)CCN1C(=O)O. The molecule has 1 aromatic carbocycles. The van der Waals surface area contributed by atoms with Crippen LogP contribution in [-0.2, 0) is 6.42 Å². The van der Waals surface area contributed by atoms with Crippen molar-refractivity contribution in [2.45, 2.75) is 39.7 Å². The number of likely N-dealkylation sites (tertiary alicyclic amines) is 1. The second-order valence-corrected chi connectivity index (χ2v) is 8.83. The van der Waals surface area contributed by atoms with Crippen LogP contribution in [0.1, 0.15) is 33.0 Å². The number of H-pyrrole nitrogens is 1. The van der Waals surface area contributed by atoms with Crippen molar-refractivity contribution >= 4 is 22.0 Å². The summed E-state index contributed by atoms with van der Waals surface area (Å²) in [6.07, 6.45) is 0.0914. The maximum absolute atomic E-state index is 14.4. The number of hydrogen-bond donors (Lipinski definition) is 2. The number of benzene rings is 1. The van der Waals surface area contributed by atoms with Gasteiger partial charge in [-0.25, -0.2) is 23.6 Å². The highest BCUT2D eigenvalue weighted by Gasteiger charge is 2.44. The van der Waals surface area contributed by atoms with Crippen LogP contribution >= 0.6 is 15.9 Å². The Morgan fingerprint density at radius 2 is 2.15 bits per heavy atom. The van der Waals surface area contributed by atoms with E-state index in [2.05, 4.69) is 26.1 Å². The van der Waals surface area contributed by atoms with Crippen LogP contribution < -0.4 is 5.69 Å². The van der Waals surface area contributed by atoms with Gasteiger partial charge in [-0.3, -0.25) is 0 Å². The summed E-state index contributed by atoms with van der Waals surface area (Å²) in [5, 5.41) is 16.0. The minimum atomic E-state index is -0.948. The van der Waals surface area contributed by atoms with Gasteiger partial charge in [0.2, 0.25) is 0 Å². The maximum Gasteiger partial charge on any atom is 0.407 e. The monoisotopic (exact) mass is 440 g/mol. The molecule has 9 heteroatoms. The van der Waals surface area contributed by atoms with Crippen LogP contribution in [0.25, 0.3) is 5.69 Å². The molecule has 1 fully saturated rings. The van der Waals surface area contributed by atoms with Crippen molar-refractivity contribution in [2.75, 3.05) is 6.54 Å². The minimum absolute atomic E-state index is 0.0199. The van der Waals surface area contributed by atoms with E-state index in [1.54, 1.807) is 6.07 Å². The summed E-state index contributed by atoms with van der Waals surface area (Å²) in [6, 6.07) is 4.24. The van der Waals surface area contributed by atoms with Crippen LogP contribution in [0.15, 0.2) is 27.5 Å². The predicted molar refractivity (Wildman–Crippen MR) is 102 cm³/mol. The van der Waals surface area contributed by atoms with Gasteiger partial charge in [-0.1, -0.05) is 36.7 Å². The number of carbonyl (C=O) groups is 1. The van der Waals surface area contributed by atoms with Gasteiger partial charge in [-0.15, -0.1) is 0 Å². The van der Waals surface area contributed by atoms with Crippen molar-refractivity contribution < 1.29 is 14.3 Å². The van der Waals surface area contributed by atoms with Gasteiger partial charge in [0.1, 0.15) is 11.6 Å². The number of hydrogen-bond acceptors (Lipinski definition) is 3. The third kappa shape index (κ3) is 3.78. The van der Waals surface area contributed by atoms with Gasteiger partial charge in [0.05, 0.1) is 5.69 Å². The lowest BCUT2D eigenvalue weighted by Crippen LogP contribution is -2.46. The molecule has 1 saturated heterocycles. The fourth-order valence-corrected chi connectivity index (χ4v) is 4.40. The standard InChI is InChI=1S/C18H22BrFN4O3/c1-18(2,3)15-10(6-7-23(15)17(26)27)8-14-21-22-16(25)24(14)13-5-4-11(19)9-12(13)20/h4-5,9-10,15H,6-8H2,1-3H3,(H,22,25)(H,26,27)/t10-,15?/m0/s1. The molecule has 1 aliphatic rings. The van der Waals surface area contributed by atoms with E-state index in [0.717, 1.165) is 0 Å². The third-order valence-electron chi connectivity index (χ3n) is 4.99. The Kier molecular flexibility index (Phi) is 5.16. The lowest BCUT2D eigenvalue weighted by Gasteiger charge is -2.37. The predicted octanol–water partition coefficient (Wildman–Crippen LogP) is 3.42. The normalized spacial score (nSPS) is 20.3. The molecular formula is C18H22BrFN4O3. The highest BCUT2D eigenvalue weighted by molar-refractivity contribution is 9.10. The van der Waals surface area contributed by atoms with Crippen molar-refractivity contribution in [1.82, 2.24) is 19.7 Å². The zero-order valence-electron chi connectivity index (χ0n) is 15.4. The molecule has 0 spiro atoms. The van der Waals surface area contributed by atoms with Crippen LogP contribution in [0.2, 0.25) is 0 Å². The van der Waals surface area contributed by atoms with Crippen LogP contribution in [-0.4, -0.2) is 43.5 Å². The first-order valence-corrected chi connectivity index (χ1v) is 9.50. The molecule has 2 atom stereocenters. The van der Waals surface area contributed by atoms with Gasteiger partial charge >= 0.3 is 11.8 Å². The van der Waals surface area contributed by atoms with E-state index in [1.165, 1.54) is 21.6 Å². The number of amides is 1. The topological polar surface area (TPSA) is 91.2 Å². The summed E-state index contributed by atoms with van der Waals surface area (Å²) < 4.78 is 16.2. The number of nitrogens with one attached hydrogen (secondary N) is 1. The highest BCUT2D eigenvalue weighted by Crippen LogP contribution is 2.38. The van der Waals surface area contributed by atoms with E-state index in [1.807, 2.05) is 20.8 Å². The van der Waals surface area contributed by atoms with Crippen LogP contribution in [0.5, 0.6) is 0 Å². The van der Waals surface area contributed by atoms with Gasteiger partial charge in [0.25, 0.3) is 0 Å². The smallest absolute Gasteiger partial charge is 0.407 e. The molecule has 27 heavy (non-hydrogen) atoms. The zero-order valence-corrected chi connectivity index (χ0v) is 17.0. The minimum Gasteiger partial charge on any atom is -0.465 e. The van der Waals surface area contributed by atoms with Gasteiger partial charge in [-0.2, -0.15) is 5.10 Å². The van der Waals surface area contributed by atoms with Crippen LogP contribution in [0, 0.1) is 17.2 Å². The van der Waals surface area contributed by atoms with E-state index in [4.69, 9.17) is 0 Å². The Morgan fingerprint density at radius 1 is 1.44 bits per heavy atom. The molecule has 1 unspecified atom stereocenters. The van der Waals surface area contributed by atoms with E-state index in [0.29, 0.717) is 29.7 Å². The first-order chi connectivity index (χ1) is 12.6. The van der Waals surface area contributed by atoms with E-state index in [9.17, 15) is 19.1 Å². The van der Waals surface area contributed by atoms with Crippen LogP contribution in [0.4, 0.5) is 9.18 Å². The number of nitrogens with zero attached hydrogens (tertiary/aromatic N) is 3. The van der Waals surface area contributed by atoms with Crippen molar-refractivity contribution in [2.24, 2.45) is 11.3 Å². The fourth-order valence-electron chi connectivity index (χ4n) is 4.07. The Hall–Kier alpha value is -2.16. The largest absolute Gasteiger partial charge is 0.465 e. The Balaban J connectivity index is 1.97. The molecule has 146 valence electrons. The lowest BCUT2D eigenvalue weighted by molar-refractivity contribution is 0.0906. The van der Waals surface area contributed by atoms with E-state index < -0.39 is 17.6 Å². The quantitative estimate of drug-likeness (QED) is 0.764. The van der Waals surface area contributed by atoms with Crippen molar-refractivity contribution in [3.63, 3.8) is 0 Å². The number of rotatable bonds is 3. The molecular weight excluding hydrogens is 419 g/mol. The molecule has 1 aliphatic heterocycles. The zero-order chi connectivity index (χ0) is 19.9. The first kappa shape index (κ1) is 19.6. The van der Waals surface area contributed by atoms with Crippen LogP contribution in [0.3, 0.4) is 0 Å². The lowest BCUT2D eigenvalue weighted by atomic mass is 9.78. The maximum atomic E-state index is 14.4. The number of carboxylic acid groups (broad SMARTS) is 1. The second-order valence-electron chi connectivity index (χ2n) is 7.92. The molecule has 3 rings (SSSR count). The summed E-state index contributed by atoms with van der Waals surface area (Å²) in [4.78, 5) is 25.3. The summed E-state index contributed by atoms with van der Waals surface area (Å²) in [7, 11) is 0.